The largest absolute Gasteiger partial charge is 0.383 e. The first-order valence-electron chi connectivity index (χ1n) is 8.26. The summed E-state index contributed by atoms with van der Waals surface area (Å²) in [7, 11) is 1.75. The molecule has 0 bridgehead atoms. The Morgan fingerprint density at radius 3 is 2.90 bits per heavy atom. The zero-order valence-electron chi connectivity index (χ0n) is 13.2. The van der Waals surface area contributed by atoms with Crippen LogP contribution in [0.5, 0.6) is 0 Å². The molecule has 0 spiro atoms. The minimum Gasteiger partial charge on any atom is -0.383 e. The first-order chi connectivity index (χ1) is 10.4. The number of benzene rings is 1. The second kappa shape index (κ2) is 9.93. The smallest absolute Gasteiger partial charge is 0.0587 e. The Morgan fingerprint density at radius 2 is 2.19 bits per heavy atom. The van der Waals surface area contributed by atoms with Gasteiger partial charge in [-0.05, 0) is 37.2 Å². The highest BCUT2D eigenvalue weighted by Crippen LogP contribution is 2.24. The monoisotopic (exact) mass is 291 g/mol. The third kappa shape index (κ3) is 6.16. The minimum absolute atomic E-state index is 0.517. The molecule has 0 amide bonds. The van der Waals surface area contributed by atoms with Gasteiger partial charge in [0, 0.05) is 26.8 Å². The van der Waals surface area contributed by atoms with Gasteiger partial charge in [-0.1, -0.05) is 36.8 Å². The summed E-state index contributed by atoms with van der Waals surface area (Å²) in [4.78, 5) is 0. The molecule has 2 rings (SSSR count). The quantitative estimate of drug-likeness (QED) is 0.671. The van der Waals surface area contributed by atoms with Crippen molar-refractivity contribution in [3.8, 4) is 0 Å². The molecule has 1 aliphatic heterocycles. The molecule has 118 valence electrons. The van der Waals surface area contributed by atoms with Crippen LogP contribution in [0.4, 0.5) is 0 Å². The SMILES string of the molecule is COCCNCC(CCCC1CCCO1)c1ccccc1. The third-order valence-corrected chi connectivity index (χ3v) is 4.25. The highest BCUT2D eigenvalue weighted by molar-refractivity contribution is 5.19. The topological polar surface area (TPSA) is 30.5 Å². The van der Waals surface area contributed by atoms with E-state index in [4.69, 9.17) is 9.47 Å². The van der Waals surface area contributed by atoms with Crippen molar-refractivity contribution in [2.24, 2.45) is 0 Å². The van der Waals surface area contributed by atoms with Gasteiger partial charge in [0.1, 0.15) is 0 Å². The van der Waals surface area contributed by atoms with E-state index in [2.05, 4.69) is 35.6 Å². The molecule has 0 radical (unpaired) electrons. The van der Waals surface area contributed by atoms with Crippen molar-refractivity contribution in [3.05, 3.63) is 35.9 Å². The van der Waals surface area contributed by atoms with Gasteiger partial charge in [0.25, 0.3) is 0 Å². The normalized spacial score (nSPS) is 19.8. The fraction of sp³-hybridized carbons (Fsp3) is 0.667. The first kappa shape index (κ1) is 16.5. The van der Waals surface area contributed by atoms with Gasteiger partial charge < -0.3 is 14.8 Å². The van der Waals surface area contributed by atoms with Gasteiger partial charge >= 0.3 is 0 Å². The fourth-order valence-corrected chi connectivity index (χ4v) is 3.03. The van der Waals surface area contributed by atoms with Gasteiger partial charge in [-0.2, -0.15) is 0 Å². The summed E-state index contributed by atoms with van der Waals surface area (Å²) in [6.07, 6.45) is 6.69. The average molecular weight is 291 g/mol. The standard InChI is InChI=1S/C18H29NO2/c1-20-14-12-19-15-17(16-7-3-2-4-8-16)9-5-10-18-11-6-13-21-18/h2-4,7-8,17-19H,5-6,9-15H2,1H3. The van der Waals surface area contributed by atoms with Crippen LogP contribution < -0.4 is 5.32 Å². The molecule has 0 saturated carbocycles. The number of nitrogens with one attached hydrogen (secondary N) is 1. The summed E-state index contributed by atoms with van der Waals surface area (Å²) >= 11 is 0. The van der Waals surface area contributed by atoms with E-state index in [1.807, 2.05) is 0 Å². The molecule has 0 aromatic heterocycles. The Bertz CT molecular complexity index is 363. The summed E-state index contributed by atoms with van der Waals surface area (Å²) in [6.45, 7) is 3.69. The Hall–Kier alpha value is -0.900. The molecule has 2 unspecified atom stereocenters. The fourth-order valence-electron chi connectivity index (χ4n) is 3.03. The van der Waals surface area contributed by atoms with Crippen molar-refractivity contribution < 1.29 is 9.47 Å². The summed E-state index contributed by atoms with van der Waals surface area (Å²) < 4.78 is 10.8. The van der Waals surface area contributed by atoms with E-state index in [0.717, 1.165) is 26.3 Å². The lowest BCUT2D eigenvalue weighted by atomic mass is 9.92. The second-order valence-electron chi connectivity index (χ2n) is 5.87. The minimum atomic E-state index is 0.517. The molecule has 1 aliphatic rings. The zero-order valence-corrected chi connectivity index (χ0v) is 13.2. The molecule has 1 aromatic carbocycles. The molecular weight excluding hydrogens is 262 g/mol. The van der Waals surface area contributed by atoms with Gasteiger partial charge in [0.2, 0.25) is 0 Å². The number of hydrogen-bond acceptors (Lipinski definition) is 3. The van der Waals surface area contributed by atoms with Crippen LogP contribution in [0, 0.1) is 0 Å². The Morgan fingerprint density at radius 1 is 1.33 bits per heavy atom. The van der Waals surface area contributed by atoms with E-state index in [9.17, 15) is 0 Å². The van der Waals surface area contributed by atoms with Crippen molar-refractivity contribution >= 4 is 0 Å². The highest BCUT2D eigenvalue weighted by atomic mass is 16.5. The van der Waals surface area contributed by atoms with E-state index in [1.54, 1.807) is 7.11 Å². The Labute approximate surface area is 129 Å². The zero-order chi connectivity index (χ0) is 14.8. The van der Waals surface area contributed by atoms with Crippen LogP contribution in [-0.2, 0) is 9.47 Å². The maximum Gasteiger partial charge on any atom is 0.0587 e. The predicted molar refractivity (Wildman–Crippen MR) is 86.8 cm³/mol. The molecule has 1 heterocycles. The molecule has 3 nitrogen and oxygen atoms in total. The molecule has 1 N–H and O–H groups in total. The van der Waals surface area contributed by atoms with Crippen LogP contribution in [-0.4, -0.2) is 39.5 Å². The summed E-state index contributed by atoms with van der Waals surface area (Å²) in [5.41, 5.74) is 1.44. The lowest BCUT2D eigenvalue weighted by Gasteiger charge is -2.19. The van der Waals surface area contributed by atoms with Gasteiger partial charge in [-0.15, -0.1) is 0 Å². The maximum absolute atomic E-state index is 5.72. The van der Waals surface area contributed by atoms with E-state index >= 15 is 0 Å². The van der Waals surface area contributed by atoms with Crippen molar-refractivity contribution in [1.82, 2.24) is 5.32 Å². The number of ether oxygens (including phenoxy) is 2. The molecule has 2 atom stereocenters. The third-order valence-electron chi connectivity index (χ3n) is 4.25. The van der Waals surface area contributed by atoms with E-state index < -0.39 is 0 Å². The van der Waals surface area contributed by atoms with Gasteiger partial charge in [0.05, 0.1) is 12.7 Å². The van der Waals surface area contributed by atoms with Crippen LogP contribution in [0.2, 0.25) is 0 Å². The molecule has 1 aromatic rings. The molecule has 3 heteroatoms. The summed E-state index contributed by atoms with van der Waals surface area (Å²) in [5.74, 6) is 0.587. The van der Waals surface area contributed by atoms with Crippen molar-refractivity contribution in [1.29, 1.82) is 0 Å². The van der Waals surface area contributed by atoms with E-state index in [0.29, 0.717) is 12.0 Å². The van der Waals surface area contributed by atoms with Gasteiger partial charge in [-0.25, -0.2) is 0 Å². The van der Waals surface area contributed by atoms with E-state index in [1.165, 1.54) is 37.7 Å². The lowest BCUT2D eigenvalue weighted by Crippen LogP contribution is -2.25. The summed E-state index contributed by atoms with van der Waals surface area (Å²) in [6, 6.07) is 10.9. The van der Waals surface area contributed by atoms with Gasteiger partial charge in [-0.3, -0.25) is 0 Å². The van der Waals surface area contributed by atoms with Crippen molar-refractivity contribution in [3.63, 3.8) is 0 Å². The van der Waals surface area contributed by atoms with Crippen molar-refractivity contribution in [2.45, 2.75) is 44.1 Å². The number of hydrogen-bond donors (Lipinski definition) is 1. The van der Waals surface area contributed by atoms with Crippen LogP contribution in [0.25, 0.3) is 0 Å². The second-order valence-corrected chi connectivity index (χ2v) is 5.87. The average Bonchev–Trinajstić information content (AvgIpc) is 3.04. The lowest BCUT2D eigenvalue weighted by molar-refractivity contribution is 0.101. The molecule has 1 saturated heterocycles. The molecule has 21 heavy (non-hydrogen) atoms. The van der Waals surface area contributed by atoms with Crippen LogP contribution >= 0.6 is 0 Å². The molecule has 0 aliphatic carbocycles. The maximum atomic E-state index is 5.72. The van der Waals surface area contributed by atoms with Crippen molar-refractivity contribution in [2.75, 3.05) is 33.4 Å². The Kier molecular flexibility index (Phi) is 7.79. The molecular formula is C18H29NO2. The number of methoxy groups -OCH3 is 1. The summed E-state index contributed by atoms with van der Waals surface area (Å²) in [5, 5.41) is 3.51. The van der Waals surface area contributed by atoms with Crippen LogP contribution in [0.1, 0.15) is 43.6 Å². The van der Waals surface area contributed by atoms with Crippen LogP contribution in [0.15, 0.2) is 30.3 Å². The highest BCUT2D eigenvalue weighted by Gasteiger charge is 2.17. The number of rotatable bonds is 10. The Balaban J connectivity index is 1.76. The van der Waals surface area contributed by atoms with E-state index in [-0.39, 0.29) is 0 Å². The van der Waals surface area contributed by atoms with Gasteiger partial charge in [0.15, 0.2) is 0 Å². The van der Waals surface area contributed by atoms with Crippen LogP contribution in [0.3, 0.4) is 0 Å². The predicted octanol–water partition coefficient (Wildman–Crippen LogP) is 3.36. The molecule has 1 fully saturated rings. The first-order valence-corrected chi connectivity index (χ1v) is 8.26.